The summed E-state index contributed by atoms with van der Waals surface area (Å²) < 4.78 is 7.26. The van der Waals surface area contributed by atoms with Crippen molar-refractivity contribution in [2.75, 3.05) is 5.32 Å². The Bertz CT molecular complexity index is 1280. The Hall–Kier alpha value is -4.13. The maximum absolute atomic E-state index is 12.5. The Kier molecular flexibility index (Phi) is 5.89. The molecule has 3 aromatic carbocycles. The van der Waals surface area contributed by atoms with Gasteiger partial charge in [-0.2, -0.15) is 0 Å². The summed E-state index contributed by atoms with van der Waals surface area (Å²) in [4.78, 5) is 28.0. The molecular weight excluding hydrogens is 406 g/mol. The van der Waals surface area contributed by atoms with Crippen molar-refractivity contribution in [2.45, 2.75) is 19.4 Å². The van der Waals surface area contributed by atoms with Gasteiger partial charge in [0.1, 0.15) is 17.6 Å². The number of anilines is 1. The Morgan fingerprint density at radius 1 is 1.06 bits per heavy atom. The van der Waals surface area contributed by atoms with Crippen LogP contribution in [0.4, 0.5) is 10.6 Å². The highest BCUT2D eigenvalue weighted by atomic mass is 16.6. The number of hydrogen-bond donors (Lipinski definition) is 2. The molecule has 7 heteroatoms. The molecule has 4 aromatic rings. The van der Waals surface area contributed by atoms with Gasteiger partial charge < -0.3 is 14.4 Å². The van der Waals surface area contributed by atoms with Crippen LogP contribution in [0.3, 0.4) is 0 Å². The molecule has 0 fully saturated rings. The summed E-state index contributed by atoms with van der Waals surface area (Å²) >= 11 is 0. The standard InChI is InChI=1S/C25H23N3O4/c1-16(18-6-4-3-5-7-18)32-25(31)27-24-23(26-15-28(24)2)21-11-10-19-12-17(13-22(29)30)8-9-20(19)14-21/h3-12,14-16H,13H2,1-2H3,(H,27,31)(H,29,30)/t16-/m1/s1. The van der Waals surface area contributed by atoms with Gasteiger partial charge in [-0.15, -0.1) is 0 Å². The molecule has 0 unspecified atom stereocenters. The smallest absolute Gasteiger partial charge is 0.413 e. The lowest BCUT2D eigenvalue weighted by molar-refractivity contribution is -0.136. The molecule has 0 saturated heterocycles. The number of ether oxygens (including phenoxy) is 1. The number of imidazole rings is 1. The maximum atomic E-state index is 12.5. The van der Waals surface area contributed by atoms with Crippen molar-refractivity contribution in [3.05, 3.63) is 84.2 Å². The quantitative estimate of drug-likeness (QED) is 0.441. The molecule has 32 heavy (non-hydrogen) atoms. The van der Waals surface area contributed by atoms with Gasteiger partial charge in [0.2, 0.25) is 0 Å². The van der Waals surface area contributed by atoms with Gasteiger partial charge in [-0.05, 0) is 34.9 Å². The summed E-state index contributed by atoms with van der Waals surface area (Å²) in [5.74, 6) is -0.337. The molecule has 4 rings (SSSR count). The SMILES string of the molecule is C[C@@H](OC(=O)Nc1c(-c2ccc3cc(CC(=O)O)ccc3c2)ncn1C)c1ccccc1. The van der Waals surface area contributed by atoms with Crippen LogP contribution in [-0.4, -0.2) is 26.7 Å². The lowest BCUT2D eigenvalue weighted by Gasteiger charge is -2.15. The number of amides is 1. The molecule has 0 bridgehead atoms. The minimum atomic E-state index is -0.862. The molecule has 0 aliphatic carbocycles. The third kappa shape index (κ3) is 4.62. The lowest BCUT2D eigenvalue weighted by Crippen LogP contribution is -2.18. The summed E-state index contributed by atoms with van der Waals surface area (Å²) in [5.41, 5.74) is 3.10. The number of rotatable bonds is 6. The molecule has 162 valence electrons. The van der Waals surface area contributed by atoms with E-state index in [0.717, 1.165) is 27.5 Å². The van der Waals surface area contributed by atoms with Crippen LogP contribution in [-0.2, 0) is 23.0 Å². The first-order valence-electron chi connectivity index (χ1n) is 10.2. The second-order valence-corrected chi connectivity index (χ2v) is 7.60. The topological polar surface area (TPSA) is 93.4 Å². The highest BCUT2D eigenvalue weighted by Crippen LogP contribution is 2.30. The average molecular weight is 429 g/mol. The van der Waals surface area contributed by atoms with Crippen molar-refractivity contribution in [2.24, 2.45) is 7.05 Å². The van der Waals surface area contributed by atoms with E-state index in [4.69, 9.17) is 9.84 Å². The number of carbonyl (C=O) groups excluding carboxylic acids is 1. The Balaban J connectivity index is 1.56. The number of carboxylic acid groups (broad SMARTS) is 1. The number of hydrogen-bond acceptors (Lipinski definition) is 4. The van der Waals surface area contributed by atoms with Gasteiger partial charge in [0.25, 0.3) is 0 Å². The maximum Gasteiger partial charge on any atom is 0.413 e. The molecule has 0 radical (unpaired) electrons. The van der Waals surface area contributed by atoms with E-state index in [1.807, 2.05) is 67.6 Å². The first kappa shape index (κ1) is 21.1. The van der Waals surface area contributed by atoms with E-state index >= 15 is 0 Å². The van der Waals surface area contributed by atoms with Gasteiger partial charge in [-0.1, -0.05) is 60.7 Å². The Morgan fingerprint density at radius 3 is 2.53 bits per heavy atom. The van der Waals surface area contributed by atoms with Crippen LogP contribution in [0.15, 0.2) is 73.1 Å². The minimum absolute atomic E-state index is 0.0183. The zero-order chi connectivity index (χ0) is 22.7. The number of carbonyl (C=O) groups is 2. The van der Waals surface area contributed by atoms with E-state index in [0.29, 0.717) is 11.5 Å². The number of nitrogens with zero attached hydrogens (tertiary/aromatic N) is 2. The van der Waals surface area contributed by atoms with E-state index < -0.39 is 18.2 Å². The van der Waals surface area contributed by atoms with Gasteiger partial charge in [0.15, 0.2) is 0 Å². The zero-order valence-corrected chi connectivity index (χ0v) is 17.8. The highest BCUT2D eigenvalue weighted by Gasteiger charge is 2.17. The number of aromatic nitrogens is 2. The van der Waals surface area contributed by atoms with Gasteiger partial charge in [-0.25, -0.2) is 9.78 Å². The number of aryl methyl sites for hydroxylation is 1. The fourth-order valence-electron chi connectivity index (χ4n) is 3.59. The van der Waals surface area contributed by atoms with E-state index in [1.54, 1.807) is 24.0 Å². The van der Waals surface area contributed by atoms with E-state index in [-0.39, 0.29) is 6.42 Å². The van der Waals surface area contributed by atoms with Crippen molar-refractivity contribution in [3.63, 3.8) is 0 Å². The number of fused-ring (bicyclic) bond motifs is 1. The first-order valence-corrected chi connectivity index (χ1v) is 10.2. The largest absolute Gasteiger partial charge is 0.481 e. The number of carboxylic acids is 1. The van der Waals surface area contributed by atoms with Crippen LogP contribution in [0, 0.1) is 0 Å². The van der Waals surface area contributed by atoms with Crippen LogP contribution >= 0.6 is 0 Å². The van der Waals surface area contributed by atoms with Gasteiger partial charge in [-0.3, -0.25) is 10.1 Å². The molecule has 0 aliphatic heterocycles. The number of benzene rings is 3. The fraction of sp³-hybridized carbons (Fsp3) is 0.160. The molecule has 0 aliphatic rings. The van der Waals surface area contributed by atoms with Gasteiger partial charge >= 0.3 is 12.1 Å². The molecule has 0 saturated carbocycles. The second-order valence-electron chi connectivity index (χ2n) is 7.60. The summed E-state index contributed by atoms with van der Waals surface area (Å²) in [6, 6.07) is 20.9. The highest BCUT2D eigenvalue weighted by molar-refractivity contribution is 5.93. The molecule has 7 nitrogen and oxygen atoms in total. The molecule has 1 atom stereocenters. The molecular formula is C25H23N3O4. The minimum Gasteiger partial charge on any atom is -0.481 e. The van der Waals surface area contributed by atoms with Crippen molar-refractivity contribution in [1.29, 1.82) is 0 Å². The summed E-state index contributed by atoms with van der Waals surface area (Å²) in [6.07, 6.45) is 0.653. The van der Waals surface area contributed by atoms with E-state index in [2.05, 4.69) is 10.3 Å². The molecule has 1 aromatic heterocycles. The van der Waals surface area contributed by atoms with E-state index in [1.165, 1.54) is 0 Å². The van der Waals surface area contributed by atoms with Crippen LogP contribution in [0.5, 0.6) is 0 Å². The summed E-state index contributed by atoms with van der Waals surface area (Å²) in [7, 11) is 1.80. The van der Waals surface area contributed by atoms with Crippen molar-refractivity contribution in [1.82, 2.24) is 9.55 Å². The predicted octanol–water partition coefficient (Wildman–Crippen LogP) is 5.18. The van der Waals surface area contributed by atoms with Gasteiger partial charge in [0.05, 0.1) is 12.7 Å². The summed E-state index contributed by atoms with van der Waals surface area (Å²) in [6.45, 7) is 1.82. The van der Waals surface area contributed by atoms with Crippen LogP contribution in [0.2, 0.25) is 0 Å². The van der Waals surface area contributed by atoms with Crippen LogP contribution < -0.4 is 5.32 Å². The third-order valence-corrected chi connectivity index (χ3v) is 5.24. The molecule has 0 spiro atoms. The molecule has 1 heterocycles. The zero-order valence-electron chi connectivity index (χ0n) is 17.8. The predicted molar refractivity (Wildman–Crippen MR) is 122 cm³/mol. The number of nitrogens with one attached hydrogen (secondary N) is 1. The van der Waals surface area contributed by atoms with Crippen LogP contribution in [0.1, 0.15) is 24.2 Å². The lowest BCUT2D eigenvalue weighted by atomic mass is 10.0. The number of aliphatic carboxylic acids is 1. The van der Waals surface area contributed by atoms with E-state index in [9.17, 15) is 9.59 Å². The first-order chi connectivity index (χ1) is 15.4. The molecule has 1 amide bonds. The van der Waals surface area contributed by atoms with Crippen molar-refractivity contribution >= 4 is 28.7 Å². The fourth-order valence-corrected chi connectivity index (χ4v) is 3.59. The van der Waals surface area contributed by atoms with Gasteiger partial charge in [0, 0.05) is 12.6 Å². The average Bonchev–Trinajstić information content (AvgIpc) is 3.13. The third-order valence-electron chi connectivity index (χ3n) is 5.24. The van der Waals surface area contributed by atoms with Crippen molar-refractivity contribution in [3.8, 4) is 11.3 Å². The monoisotopic (exact) mass is 429 g/mol. The summed E-state index contributed by atoms with van der Waals surface area (Å²) in [5, 5.41) is 13.7. The Morgan fingerprint density at radius 2 is 1.78 bits per heavy atom. The second kappa shape index (κ2) is 8.93. The Labute approximate surface area is 185 Å². The molecule has 2 N–H and O–H groups in total. The van der Waals surface area contributed by atoms with Crippen molar-refractivity contribution < 1.29 is 19.4 Å². The van der Waals surface area contributed by atoms with Crippen LogP contribution in [0.25, 0.3) is 22.0 Å². The normalized spacial score (nSPS) is 11.8.